The number of oxazole rings is 1. The molecule has 1 saturated carbocycles. The number of nitrogens with one attached hydrogen (secondary N) is 2. The smallest absolute Gasteiger partial charge is 0.228 e. The van der Waals surface area contributed by atoms with Crippen molar-refractivity contribution in [2.24, 2.45) is 16.7 Å². The molecular formula is C20H27N3O2. The van der Waals surface area contributed by atoms with Gasteiger partial charge in [-0.2, -0.15) is 0 Å². The molecule has 1 spiro atoms. The third-order valence-corrected chi connectivity index (χ3v) is 5.49. The zero-order valence-electron chi connectivity index (χ0n) is 15.3. The van der Waals surface area contributed by atoms with E-state index in [0.717, 1.165) is 61.5 Å². The highest BCUT2D eigenvalue weighted by molar-refractivity contribution is 5.96. The van der Waals surface area contributed by atoms with Gasteiger partial charge in [0.2, 0.25) is 5.91 Å². The minimum absolute atomic E-state index is 0.132. The molecular weight excluding hydrogens is 314 g/mol. The van der Waals surface area contributed by atoms with Crippen molar-refractivity contribution in [3.63, 3.8) is 0 Å². The van der Waals surface area contributed by atoms with Crippen molar-refractivity contribution in [3.05, 3.63) is 24.1 Å². The number of anilines is 1. The summed E-state index contributed by atoms with van der Waals surface area (Å²) in [6.07, 6.45) is 4.05. The monoisotopic (exact) mass is 341 g/mol. The number of piperidine rings is 1. The fraction of sp³-hybridized carbons (Fsp3) is 0.600. The van der Waals surface area contributed by atoms with Crippen molar-refractivity contribution in [3.8, 4) is 0 Å². The summed E-state index contributed by atoms with van der Waals surface area (Å²) < 4.78 is 5.82. The Morgan fingerprint density at radius 2 is 2.12 bits per heavy atom. The van der Waals surface area contributed by atoms with Crippen molar-refractivity contribution in [1.29, 1.82) is 0 Å². The second-order valence-corrected chi connectivity index (χ2v) is 8.89. The highest BCUT2D eigenvalue weighted by Crippen LogP contribution is 2.58. The van der Waals surface area contributed by atoms with Crippen LogP contribution >= 0.6 is 0 Å². The second kappa shape index (κ2) is 5.84. The van der Waals surface area contributed by atoms with Crippen LogP contribution < -0.4 is 10.6 Å². The molecule has 1 unspecified atom stereocenters. The number of benzene rings is 1. The lowest BCUT2D eigenvalue weighted by Gasteiger charge is -2.23. The minimum atomic E-state index is 0.132. The maximum atomic E-state index is 12.6. The predicted molar refractivity (Wildman–Crippen MR) is 98.4 cm³/mol. The number of fused-ring (bicyclic) bond motifs is 1. The Balaban J connectivity index is 1.46. The predicted octanol–water partition coefficient (Wildman–Crippen LogP) is 3.74. The lowest BCUT2D eigenvalue weighted by atomic mass is 9.92. The van der Waals surface area contributed by atoms with Gasteiger partial charge in [0.15, 0.2) is 11.5 Å². The van der Waals surface area contributed by atoms with Crippen LogP contribution in [0.2, 0.25) is 0 Å². The molecule has 5 nitrogen and oxygen atoms in total. The first-order valence-electron chi connectivity index (χ1n) is 9.26. The maximum Gasteiger partial charge on any atom is 0.228 e. The summed E-state index contributed by atoms with van der Waals surface area (Å²) >= 11 is 0. The quantitative estimate of drug-likeness (QED) is 0.892. The highest BCUT2D eigenvalue weighted by Gasteiger charge is 2.57. The number of aromatic nitrogens is 1. The third kappa shape index (κ3) is 3.43. The Morgan fingerprint density at radius 1 is 1.36 bits per heavy atom. The van der Waals surface area contributed by atoms with Gasteiger partial charge in [0.1, 0.15) is 5.52 Å². The zero-order valence-corrected chi connectivity index (χ0v) is 15.3. The summed E-state index contributed by atoms with van der Waals surface area (Å²) in [6.45, 7) is 8.57. The largest absolute Gasteiger partial charge is 0.441 e. The first-order valence-corrected chi connectivity index (χ1v) is 9.26. The van der Waals surface area contributed by atoms with Gasteiger partial charge >= 0.3 is 0 Å². The van der Waals surface area contributed by atoms with Crippen LogP contribution in [0.1, 0.15) is 45.9 Å². The van der Waals surface area contributed by atoms with E-state index in [1.165, 1.54) is 0 Å². The summed E-state index contributed by atoms with van der Waals surface area (Å²) in [5.41, 5.74) is 2.78. The number of rotatable bonds is 3. The van der Waals surface area contributed by atoms with Crippen molar-refractivity contribution in [2.45, 2.75) is 46.5 Å². The van der Waals surface area contributed by atoms with E-state index in [2.05, 4.69) is 36.4 Å². The molecule has 1 aromatic carbocycles. The summed E-state index contributed by atoms with van der Waals surface area (Å²) in [6, 6.07) is 5.72. The van der Waals surface area contributed by atoms with Gasteiger partial charge in [0.05, 0.1) is 0 Å². The molecule has 5 heteroatoms. The molecule has 2 heterocycles. The topological polar surface area (TPSA) is 67.2 Å². The van der Waals surface area contributed by atoms with Crippen molar-refractivity contribution >= 4 is 22.7 Å². The van der Waals surface area contributed by atoms with E-state index >= 15 is 0 Å². The Hall–Kier alpha value is -1.88. The Bertz CT molecular complexity index is 797. The highest BCUT2D eigenvalue weighted by atomic mass is 16.3. The lowest BCUT2D eigenvalue weighted by molar-refractivity contribution is -0.118. The molecule has 1 aliphatic carbocycles. The van der Waals surface area contributed by atoms with Crippen molar-refractivity contribution in [1.82, 2.24) is 10.3 Å². The fourth-order valence-electron chi connectivity index (χ4n) is 4.01. The molecule has 1 aliphatic heterocycles. The average molecular weight is 341 g/mol. The minimum Gasteiger partial charge on any atom is -0.441 e. The van der Waals surface area contributed by atoms with Crippen LogP contribution in [0.3, 0.4) is 0 Å². The molecule has 2 aliphatic rings. The SMILES string of the molecule is CC(C)(C)Cc1nc2cc(NC(=O)C3CC34CCNCC4)ccc2o1. The number of nitrogens with zero attached hydrogens (tertiary/aromatic N) is 1. The molecule has 134 valence electrons. The molecule has 2 fully saturated rings. The van der Waals surface area contributed by atoms with Gasteiger partial charge in [-0.3, -0.25) is 4.79 Å². The van der Waals surface area contributed by atoms with Crippen LogP contribution in [0.25, 0.3) is 11.1 Å². The van der Waals surface area contributed by atoms with Crippen LogP contribution in [0.5, 0.6) is 0 Å². The fourth-order valence-corrected chi connectivity index (χ4v) is 4.01. The normalized spacial score (nSPS) is 22.3. The summed E-state index contributed by atoms with van der Waals surface area (Å²) in [7, 11) is 0. The van der Waals surface area contributed by atoms with Crippen molar-refractivity contribution in [2.75, 3.05) is 18.4 Å². The van der Waals surface area contributed by atoms with Crippen LogP contribution in [0, 0.1) is 16.7 Å². The molecule has 0 bridgehead atoms. The van der Waals surface area contributed by atoms with Gasteiger partial charge in [-0.1, -0.05) is 20.8 Å². The van der Waals surface area contributed by atoms with Gasteiger partial charge in [-0.15, -0.1) is 0 Å². The van der Waals surface area contributed by atoms with E-state index < -0.39 is 0 Å². The summed E-state index contributed by atoms with van der Waals surface area (Å²) in [4.78, 5) is 17.2. The number of hydrogen-bond donors (Lipinski definition) is 2. The van der Waals surface area contributed by atoms with Crippen LogP contribution in [0.15, 0.2) is 22.6 Å². The Kier molecular flexibility index (Phi) is 3.87. The van der Waals surface area contributed by atoms with Crippen molar-refractivity contribution < 1.29 is 9.21 Å². The molecule has 1 saturated heterocycles. The molecule has 0 radical (unpaired) electrons. The summed E-state index contributed by atoms with van der Waals surface area (Å²) in [5, 5.41) is 6.46. The van der Waals surface area contributed by atoms with Gasteiger partial charge in [-0.25, -0.2) is 4.98 Å². The number of carbonyl (C=O) groups excluding carboxylic acids is 1. The van der Waals surface area contributed by atoms with Crippen LogP contribution in [-0.2, 0) is 11.2 Å². The van der Waals surface area contributed by atoms with E-state index in [-0.39, 0.29) is 22.7 Å². The van der Waals surface area contributed by atoms with E-state index in [1.54, 1.807) is 0 Å². The van der Waals surface area contributed by atoms with E-state index in [9.17, 15) is 4.79 Å². The van der Waals surface area contributed by atoms with Gasteiger partial charge in [-0.05, 0) is 61.4 Å². The van der Waals surface area contributed by atoms with Gasteiger partial charge in [0.25, 0.3) is 0 Å². The van der Waals surface area contributed by atoms with E-state index in [4.69, 9.17) is 4.42 Å². The molecule has 1 aromatic heterocycles. The standard InChI is InChI=1S/C20H27N3O2/c1-19(2,3)12-17-23-15-10-13(4-5-16(15)25-17)22-18(24)14-11-20(14)6-8-21-9-7-20/h4-5,10,14,21H,6-9,11-12H2,1-3H3,(H,22,24). The Labute approximate surface area is 148 Å². The number of hydrogen-bond acceptors (Lipinski definition) is 4. The van der Waals surface area contributed by atoms with E-state index in [1.807, 2.05) is 18.2 Å². The van der Waals surface area contributed by atoms with Gasteiger partial charge < -0.3 is 15.1 Å². The number of amides is 1. The molecule has 25 heavy (non-hydrogen) atoms. The number of carbonyl (C=O) groups is 1. The maximum absolute atomic E-state index is 12.6. The van der Waals surface area contributed by atoms with Gasteiger partial charge in [0, 0.05) is 18.0 Å². The van der Waals surface area contributed by atoms with Crippen LogP contribution in [0.4, 0.5) is 5.69 Å². The first-order chi connectivity index (χ1) is 11.8. The summed E-state index contributed by atoms with van der Waals surface area (Å²) in [5.74, 6) is 1.07. The van der Waals surface area contributed by atoms with E-state index in [0.29, 0.717) is 0 Å². The Morgan fingerprint density at radius 3 is 2.84 bits per heavy atom. The third-order valence-electron chi connectivity index (χ3n) is 5.49. The lowest BCUT2D eigenvalue weighted by Crippen LogP contribution is -2.31. The second-order valence-electron chi connectivity index (χ2n) is 8.89. The van der Waals surface area contributed by atoms with Crippen LogP contribution in [-0.4, -0.2) is 24.0 Å². The molecule has 1 atom stereocenters. The molecule has 2 N–H and O–H groups in total. The zero-order chi connectivity index (χ0) is 17.7. The molecule has 4 rings (SSSR count). The molecule has 2 aromatic rings. The molecule has 1 amide bonds. The first kappa shape index (κ1) is 16.6. The average Bonchev–Trinajstić information content (AvgIpc) is 3.07.